The molecular formula is C12H32GeSi3. The molecule has 0 aromatic carbocycles. The molecule has 2 radical (unpaired) electrons. The fourth-order valence-electron chi connectivity index (χ4n) is 2.30. The zero-order valence-corrected chi connectivity index (χ0v) is 18.3. The van der Waals surface area contributed by atoms with Crippen LogP contribution >= 0.6 is 0 Å². The van der Waals surface area contributed by atoms with Crippen molar-refractivity contribution in [2.45, 2.75) is 74.2 Å². The van der Waals surface area contributed by atoms with Crippen LogP contribution in [0.1, 0.15) is 6.92 Å². The predicted octanol–water partition coefficient (Wildman–Crippen LogP) is 4.92. The Bertz CT molecular complexity index is 206. The van der Waals surface area contributed by atoms with E-state index in [-0.39, 0.29) is 15.4 Å². The average molecular weight is 333 g/mol. The molecule has 96 valence electrons. The summed E-state index contributed by atoms with van der Waals surface area (Å²) < 4.78 is 2.32. The van der Waals surface area contributed by atoms with Crippen LogP contribution in [0, 0.1) is 0 Å². The molecule has 4 heteroatoms. The van der Waals surface area contributed by atoms with E-state index in [4.69, 9.17) is 0 Å². The summed E-state index contributed by atoms with van der Waals surface area (Å²) in [4.78, 5) is 0. The van der Waals surface area contributed by atoms with Crippen molar-refractivity contribution in [3.05, 3.63) is 0 Å². The Morgan fingerprint density at radius 3 is 1.12 bits per heavy atom. The number of rotatable bonds is 5. The Morgan fingerprint density at radius 2 is 0.938 bits per heavy atom. The molecule has 0 spiro atoms. The van der Waals surface area contributed by atoms with E-state index in [1.165, 1.54) is 4.00 Å². The summed E-state index contributed by atoms with van der Waals surface area (Å²) in [6.07, 6.45) is 0. The Kier molecular flexibility index (Phi) is 5.85. The molecule has 0 aliphatic heterocycles. The van der Waals surface area contributed by atoms with E-state index >= 15 is 0 Å². The van der Waals surface area contributed by atoms with Crippen LogP contribution in [0.3, 0.4) is 0 Å². The monoisotopic (exact) mass is 334 g/mol. The first-order valence-electron chi connectivity index (χ1n) is 6.52. The van der Waals surface area contributed by atoms with Crippen molar-refractivity contribution in [1.82, 2.24) is 0 Å². The second-order valence-electron chi connectivity index (χ2n) is 8.42. The van der Waals surface area contributed by atoms with Crippen LogP contribution in [-0.2, 0) is 0 Å². The molecular weight excluding hydrogens is 301 g/mol. The molecule has 0 amide bonds. The summed E-state index contributed by atoms with van der Waals surface area (Å²) >= 11 is 0.262. The van der Waals surface area contributed by atoms with E-state index in [0.717, 1.165) is 4.37 Å². The summed E-state index contributed by atoms with van der Waals surface area (Å²) in [6, 6.07) is 0. The average Bonchev–Trinajstić information content (AvgIpc) is 1.92. The summed E-state index contributed by atoms with van der Waals surface area (Å²) in [7, 11) is -2.73. The molecule has 0 fully saturated rings. The molecule has 0 rings (SSSR count). The van der Waals surface area contributed by atoms with Gasteiger partial charge in [0.1, 0.15) is 0 Å². The first-order valence-corrected chi connectivity index (χ1v) is 19.7. The standard InChI is InChI=1S/C12H32GeSi3/c1-11(14(2,3)4)13-12(15(5,6)7)16(8,9)10/h11-12H,1-10H3. The Hall–Kier alpha value is 1.19. The van der Waals surface area contributed by atoms with Crippen LogP contribution in [0.2, 0.25) is 67.3 Å². The zero-order chi connectivity index (χ0) is 13.4. The van der Waals surface area contributed by atoms with Crippen LogP contribution in [-0.4, -0.2) is 39.7 Å². The van der Waals surface area contributed by atoms with Crippen LogP contribution < -0.4 is 0 Å². The molecule has 0 nitrogen and oxygen atoms in total. The van der Waals surface area contributed by atoms with Gasteiger partial charge in [0.25, 0.3) is 0 Å². The quantitative estimate of drug-likeness (QED) is 0.627. The van der Waals surface area contributed by atoms with Gasteiger partial charge in [-0.25, -0.2) is 0 Å². The minimum atomic E-state index is -0.924. The van der Waals surface area contributed by atoms with Gasteiger partial charge >= 0.3 is 114 Å². The third kappa shape index (κ3) is 5.69. The molecule has 16 heavy (non-hydrogen) atoms. The van der Waals surface area contributed by atoms with Gasteiger partial charge in [-0.2, -0.15) is 0 Å². The zero-order valence-electron chi connectivity index (χ0n) is 13.2. The summed E-state index contributed by atoms with van der Waals surface area (Å²) in [6.45, 7) is 25.9. The van der Waals surface area contributed by atoms with E-state index in [2.05, 4.69) is 65.8 Å². The molecule has 1 unspecified atom stereocenters. The van der Waals surface area contributed by atoms with Crippen LogP contribution in [0.4, 0.5) is 0 Å². The maximum atomic E-state index is 2.61. The van der Waals surface area contributed by atoms with Crippen LogP contribution in [0.25, 0.3) is 0 Å². The van der Waals surface area contributed by atoms with Gasteiger partial charge in [0.15, 0.2) is 0 Å². The van der Waals surface area contributed by atoms with Crippen LogP contribution in [0.15, 0.2) is 0 Å². The Labute approximate surface area is 113 Å². The van der Waals surface area contributed by atoms with Gasteiger partial charge in [0, 0.05) is 0 Å². The number of hydrogen-bond donors (Lipinski definition) is 0. The fourth-order valence-corrected chi connectivity index (χ4v) is 29.9. The first-order chi connectivity index (χ1) is 6.76. The fraction of sp³-hybridized carbons (Fsp3) is 1.00. The predicted molar refractivity (Wildman–Crippen MR) is 89.0 cm³/mol. The van der Waals surface area contributed by atoms with Crippen LogP contribution in [0.5, 0.6) is 0 Å². The van der Waals surface area contributed by atoms with Crippen molar-refractivity contribution in [3.8, 4) is 0 Å². The second-order valence-corrected chi connectivity index (χ2v) is 32.6. The molecule has 0 heterocycles. The van der Waals surface area contributed by atoms with E-state index < -0.39 is 24.2 Å². The molecule has 0 aliphatic rings. The summed E-state index contributed by atoms with van der Waals surface area (Å²) in [5.74, 6) is 0. The van der Waals surface area contributed by atoms with Crippen molar-refractivity contribution < 1.29 is 0 Å². The van der Waals surface area contributed by atoms with Crippen molar-refractivity contribution in [2.24, 2.45) is 0 Å². The molecule has 0 saturated heterocycles. The van der Waals surface area contributed by atoms with Gasteiger partial charge in [0.05, 0.1) is 0 Å². The van der Waals surface area contributed by atoms with E-state index in [1.807, 2.05) is 0 Å². The van der Waals surface area contributed by atoms with E-state index in [1.54, 1.807) is 0 Å². The van der Waals surface area contributed by atoms with Gasteiger partial charge in [-0.15, -0.1) is 0 Å². The van der Waals surface area contributed by atoms with Gasteiger partial charge in [-0.1, -0.05) is 0 Å². The molecule has 0 aromatic heterocycles. The SMILES string of the molecule is C[CH]([Ge][CH]([Si](C)(C)C)[Si](C)(C)C)[Si](C)(C)C. The molecule has 0 bridgehead atoms. The topological polar surface area (TPSA) is 0 Å². The molecule has 0 N–H and O–H groups in total. The summed E-state index contributed by atoms with van der Waals surface area (Å²) in [5.41, 5.74) is 0. The Morgan fingerprint density at radius 1 is 0.625 bits per heavy atom. The Balaban J connectivity index is 4.85. The third-order valence-electron chi connectivity index (χ3n) is 3.45. The van der Waals surface area contributed by atoms with Crippen molar-refractivity contribution >= 4 is 39.7 Å². The summed E-state index contributed by atoms with van der Waals surface area (Å²) in [5, 5.41) is 0. The van der Waals surface area contributed by atoms with Crippen molar-refractivity contribution in [3.63, 3.8) is 0 Å². The van der Waals surface area contributed by atoms with Gasteiger partial charge in [-0.3, -0.25) is 0 Å². The molecule has 0 aromatic rings. The van der Waals surface area contributed by atoms with Gasteiger partial charge < -0.3 is 0 Å². The van der Waals surface area contributed by atoms with Crippen molar-refractivity contribution in [1.29, 1.82) is 0 Å². The third-order valence-corrected chi connectivity index (χ3v) is 35.4. The van der Waals surface area contributed by atoms with Crippen molar-refractivity contribution in [2.75, 3.05) is 0 Å². The maximum absolute atomic E-state index is 2.61. The number of hydrogen-bond acceptors (Lipinski definition) is 0. The van der Waals surface area contributed by atoms with Gasteiger partial charge in [-0.05, 0) is 0 Å². The van der Waals surface area contributed by atoms with Gasteiger partial charge in [0.2, 0.25) is 0 Å². The minimum absolute atomic E-state index is 0.262. The first kappa shape index (κ1) is 17.2. The van der Waals surface area contributed by atoms with E-state index in [9.17, 15) is 0 Å². The molecule has 0 saturated carbocycles. The normalized spacial score (nSPS) is 16.7. The van der Waals surface area contributed by atoms with E-state index in [0.29, 0.717) is 0 Å². The molecule has 0 aliphatic carbocycles. The molecule has 1 atom stereocenters. The second kappa shape index (κ2) is 5.45.